The van der Waals surface area contributed by atoms with Crippen LogP contribution in [0.5, 0.6) is 0 Å². The molecule has 4 fully saturated rings. The number of benzene rings is 10. The maximum atomic E-state index is 2.64. The fourth-order valence-electron chi connectivity index (χ4n) is 15.6. The molecule has 6 aliphatic rings. The molecule has 1 heteroatoms. The van der Waals surface area contributed by atoms with Crippen molar-refractivity contribution in [1.82, 2.24) is 0 Å². The summed E-state index contributed by atoms with van der Waals surface area (Å²) in [5, 5.41) is 5.15. The van der Waals surface area contributed by atoms with E-state index in [4.69, 9.17) is 0 Å². The van der Waals surface area contributed by atoms with Gasteiger partial charge in [0.2, 0.25) is 0 Å². The zero-order valence-corrected chi connectivity index (χ0v) is 40.0. The Hall–Kier alpha value is -7.48. The van der Waals surface area contributed by atoms with Crippen LogP contribution in [0.1, 0.15) is 68.2 Å². The monoisotopic (exact) mass is 897 g/mol. The van der Waals surface area contributed by atoms with E-state index in [1.54, 1.807) is 11.1 Å². The summed E-state index contributed by atoms with van der Waals surface area (Å²) in [7, 11) is 0. The molecule has 10 aromatic rings. The van der Waals surface area contributed by atoms with Gasteiger partial charge in [-0.25, -0.2) is 0 Å². The summed E-state index contributed by atoms with van der Waals surface area (Å²) < 4.78 is 0. The number of nitrogens with zero attached hydrogens (tertiary/aromatic N) is 1. The van der Waals surface area contributed by atoms with Crippen LogP contribution in [0.2, 0.25) is 0 Å². The van der Waals surface area contributed by atoms with E-state index in [9.17, 15) is 0 Å². The van der Waals surface area contributed by atoms with Crippen LogP contribution in [0, 0.1) is 23.7 Å². The van der Waals surface area contributed by atoms with Gasteiger partial charge >= 0.3 is 0 Å². The molecule has 70 heavy (non-hydrogen) atoms. The lowest BCUT2D eigenvalue weighted by Crippen LogP contribution is -2.55. The van der Waals surface area contributed by atoms with E-state index in [1.165, 1.54) is 132 Å². The van der Waals surface area contributed by atoms with Crippen LogP contribution < -0.4 is 4.90 Å². The minimum atomic E-state index is -0.108. The highest BCUT2D eigenvalue weighted by molar-refractivity contribution is 6.13. The van der Waals surface area contributed by atoms with Crippen molar-refractivity contribution < 1.29 is 0 Å². The fourth-order valence-corrected chi connectivity index (χ4v) is 15.6. The molecule has 16 rings (SSSR count). The second-order valence-corrected chi connectivity index (χ2v) is 22.0. The second kappa shape index (κ2) is 15.0. The molecular formula is C69H55N. The van der Waals surface area contributed by atoms with E-state index in [1.807, 2.05) is 0 Å². The summed E-state index contributed by atoms with van der Waals surface area (Å²) in [6, 6.07) is 80.9. The Balaban J connectivity index is 0.875. The van der Waals surface area contributed by atoms with Crippen molar-refractivity contribution in [2.45, 2.75) is 56.8 Å². The molecule has 1 nitrogen and oxygen atoms in total. The van der Waals surface area contributed by atoms with Crippen molar-refractivity contribution in [1.29, 1.82) is 0 Å². The van der Waals surface area contributed by atoms with Gasteiger partial charge in [-0.2, -0.15) is 0 Å². The maximum absolute atomic E-state index is 2.64. The predicted molar refractivity (Wildman–Crippen MR) is 293 cm³/mol. The second-order valence-electron chi connectivity index (χ2n) is 22.0. The lowest BCUT2D eigenvalue weighted by molar-refractivity contribution is -0.0399. The first-order chi connectivity index (χ1) is 34.4. The Morgan fingerprint density at radius 1 is 0.343 bits per heavy atom. The summed E-state index contributed by atoms with van der Waals surface area (Å²) >= 11 is 0. The van der Waals surface area contributed by atoms with Crippen molar-refractivity contribution in [2.24, 2.45) is 23.7 Å². The van der Waals surface area contributed by atoms with Crippen molar-refractivity contribution in [3.05, 3.63) is 235 Å². The number of fused-ring (bicyclic) bond motifs is 9. The van der Waals surface area contributed by atoms with Gasteiger partial charge in [-0.15, -0.1) is 0 Å². The van der Waals surface area contributed by atoms with Gasteiger partial charge in [0.25, 0.3) is 0 Å². The van der Waals surface area contributed by atoms with Crippen molar-refractivity contribution in [2.75, 3.05) is 4.90 Å². The number of anilines is 3. The van der Waals surface area contributed by atoms with E-state index in [-0.39, 0.29) is 10.8 Å². The fraction of sp³-hybridized carbons (Fsp3) is 0.188. The van der Waals surface area contributed by atoms with Gasteiger partial charge in [-0.05, 0) is 198 Å². The Morgan fingerprint density at radius 3 is 1.51 bits per heavy atom. The average molecular weight is 898 g/mol. The van der Waals surface area contributed by atoms with Crippen LogP contribution >= 0.6 is 0 Å². The molecule has 0 amide bonds. The van der Waals surface area contributed by atoms with Crippen molar-refractivity contribution in [3.63, 3.8) is 0 Å². The summed E-state index contributed by atoms with van der Waals surface area (Å²) in [6.45, 7) is 4.79. The van der Waals surface area contributed by atoms with Crippen molar-refractivity contribution in [3.8, 4) is 55.6 Å². The molecule has 0 radical (unpaired) electrons. The summed E-state index contributed by atoms with van der Waals surface area (Å²) in [4.78, 5) is 2.54. The van der Waals surface area contributed by atoms with Crippen LogP contribution in [-0.2, 0) is 10.8 Å². The standard InChI is InChI=1S/C69H55N/c1-68(2)64-24-11-9-21-59(64)62-23-13-22-61(67(62)68)56-18-6-5-15-53(56)45-26-30-50(31-27-45)70(51-32-28-46(29-33-51)63-41-47-14-3-4-16-54(47)55-17-7-8-19-57(55)63)52-34-35-60-58-20-10-12-25-65(58)69(66(60)42-52)48-37-43-36-44(39-48)40-49(69)38-43/h3-35,41-44,48-49H,36-40H2,1-2H3. The normalized spacial score (nSPS) is 21.7. The van der Waals surface area contributed by atoms with E-state index in [0.29, 0.717) is 11.8 Å². The third-order valence-corrected chi connectivity index (χ3v) is 18.2. The summed E-state index contributed by atoms with van der Waals surface area (Å²) in [5.74, 6) is 3.21. The van der Waals surface area contributed by atoms with E-state index in [0.717, 1.165) is 17.5 Å². The minimum Gasteiger partial charge on any atom is -0.310 e. The lowest BCUT2D eigenvalue weighted by Gasteiger charge is -2.61. The van der Waals surface area contributed by atoms with Crippen LogP contribution in [-0.4, -0.2) is 0 Å². The van der Waals surface area contributed by atoms with Gasteiger partial charge in [-0.1, -0.05) is 184 Å². The highest BCUT2D eigenvalue weighted by Crippen LogP contribution is 2.69. The molecule has 6 aliphatic carbocycles. The topological polar surface area (TPSA) is 3.24 Å². The molecule has 0 heterocycles. The van der Waals surface area contributed by atoms with E-state index < -0.39 is 0 Å². The molecule has 0 unspecified atom stereocenters. The smallest absolute Gasteiger partial charge is 0.0465 e. The van der Waals surface area contributed by atoms with Gasteiger partial charge in [0.05, 0.1) is 0 Å². The number of hydrogen-bond donors (Lipinski definition) is 0. The molecule has 336 valence electrons. The molecule has 10 aromatic carbocycles. The average Bonchev–Trinajstić information content (AvgIpc) is 3.83. The molecule has 1 spiro atoms. The first-order valence-corrected chi connectivity index (χ1v) is 25.9. The SMILES string of the molecule is CC1(C)c2ccccc2-c2cccc(-c3ccccc3-c3ccc(N(c4ccc(-c5cc6ccccc6c6ccccc56)cc4)c4ccc5c(c4)C4(c6ccccc6-5)C5CC6CC(C5)CC4C6)cc3)c21. The van der Waals surface area contributed by atoms with Gasteiger partial charge in [-0.3, -0.25) is 0 Å². The highest BCUT2D eigenvalue weighted by atomic mass is 15.1. The third kappa shape index (κ3) is 5.67. The first kappa shape index (κ1) is 40.4. The van der Waals surface area contributed by atoms with Crippen molar-refractivity contribution >= 4 is 38.6 Å². The molecule has 4 saturated carbocycles. The minimum absolute atomic E-state index is 0.0864. The lowest BCUT2D eigenvalue weighted by atomic mass is 9.43. The molecule has 0 saturated heterocycles. The first-order valence-electron chi connectivity index (χ1n) is 25.9. The Labute approximate surface area is 412 Å². The van der Waals surface area contributed by atoms with Crippen LogP contribution in [0.25, 0.3) is 77.2 Å². The van der Waals surface area contributed by atoms with Crippen LogP contribution in [0.3, 0.4) is 0 Å². The number of rotatable bonds is 6. The van der Waals surface area contributed by atoms with Crippen LogP contribution in [0.15, 0.2) is 212 Å². The maximum Gasteiger partial charge on any atom is 0.0465 e. The predicted octanol–water partition coefficient (Wildman–Crippen LogP) is 18.5. The molecule has 4 bridgehead atoms. The molecule has 0 aromatic heterocycles. The molecular weight excluding hydrogens is 843 g/mol. The van der Waals surface area contributed by atoms with Gasteiger partial charge < -0.3 is 4.90 Å². The quantitative estimate of drug-likeness (QED) is 0.150. The Kier molecular flexibility index (Phi) is 8.67. The molecule has 0 aliphatic heterocycles. The van der Waals surface area contributed by atoms with Gasteiger partial charge in [0, 0.05) is 27.9 Å². The molecule has 0 N–H and O–H groups in total. The zero-order valence-electron chi connectivity index (χ0n) is 40.0. The van der Waals surface area contributed by atoms with E-state index >= 15 is 0 Å². The molecule has 0 atom stereocenters. The largest absolute Gasteiger partial charge is 0.310 e. The Morgan fingerprint density at radius 2 is 0.829 bits per heavy atom. The van der Waals surface area contributed by atoms with Crippen LogP contribution in [0.4, 0.5) is 17.1 Å². The highest BCUT2D eigenvalue weighted by Gasteiger charge is 2.61. The summed E-state index contributed by atoms with van der Waals surface area (Å²) in [6.07, 6.45) is 6.95. The van der Waals surface area contributed by atoms with Gasteiger partial charge in [0.1, 0.15) is 0 Å². The third-order valence-electron chi connectivity index (χ3n) is 18.2. The summed E-state index contributed by atoms with van der Waals surface area (Å²) in [5.41, 5.74) is 22.8. The number of hydrogen-bond acceptors (Lipinski definition) is 1. The Bertz CT molecular complexity index is 3730. The van der Waals surface area contributed by atoms with E-state index in [2.05, 4.69) is 231 Å². The zero-order chi connectivity index (χ0) is 46.3. The van der Waals surface area contributed by atoms with Gasteiger partial charge in [0.15, 0.2) is 0 Å².